The van der Waals surface area contributed by atoms with E-state index in [0.717, 1.165) is 0 Å². The largest absolute Gasteiger partial charge is 0.389 e. The van der Waals surface area contributed by atoms with Crippen LogP contribution in [0.1, 0.15) is 24.2 Å². The van der Waals surface area contributed by atoms with Gasteiger partial charge in [-0.25, -0.2) is 0 Å². The molecule has 0 bridgehead atoms. The van der Waals surface area contributed by atoms with Crippen LogP contribution < -0.4 is 5.32 Å². The summed E-state index contributed by atoms with van der Waals surface area (Å²) in [4.78, 5) is 11.9. The number of ether oxygens (including phenoxy) is 1. The lowest BCUT2D eigenvalue weighted by molar-refractivity contribution is 0.0259. The van der Waals surface area contributed by atoms with Gasteiger partial charge in [0.15, 0.2) is 0 Å². The normalized spacial score (nSPS) is 12.5. The predicted molar refractivity (Wildman–Crippen MR) is 80.5 cm³/mol. The molecule has 1 aromatic carbocycles. The highest BCUT2D eigenvalue weighted by Gasteiger charge is 2.13. The standard InChI is InChI=1S/C14H19Cl2NO3/c1-9(2)7-20-8-11(18)6-17-14(19)12-5-10(15)3-4-13(12)16/h3-5,9,11,18H,6-8H2,1-2H3,(H,17,19). The SMILES string of the molecule is CC(C)COCC(O)CNC(=O)c1cc(Cl)ccc1Cl. The van der Waals surface area contributed by atoms with Gasteiger partial charge in [-0.2, -0.15) is 0 Å². The topological polar surface area (TPSA) is 58.6 Å². The minimum absolute atomic E-state index is 0.0970. The molecule has 1 atom stereocenters. The lowest BCUT2D eigenvalue weighted by atomic mass is 10.2. The van der Waals surface area contributed by atoms with Crippen LogP contribution in [0.3, 0.4) is 0 Å². The molecule has 0 aliphatic rings. The molecule has 20 heavy (non-hydrogen) atoms. The number of rotatable bonds is 7. The molecule has 1 amide bonds. The van der Waals surface area contributed by atoms with Crippen molar-refractivity contribution in [2.45, 2.75) is 20.0 Å². The molecular weight excluding hydrogens is 301 g/mol. The van der Waals surface area contributed by atoms with E-state index in [9.17, 15) is 9.90 Å². The van der Waals surface area contributed by atoms with E-state index in [0.29, 0.717) is 22.6 Å². The maximum Gasteiger partial charge on any atom is 0.252 e. The Morgan fingerprint density at radius 2 is 2.05 bits per heavy atom. The second-order valence-corrected chi connectivity index (χ2v) is 5.76. The summed E-state index contributed by atoms with van der Waals surface area (Å²) in [6.07, 6.45) is -0.754. The first-order valence-electron chi connectivity index (χ1n) is 6.39. The highest BCUT2D eigenvalue weighted by Crippen LogP contribution is 2.20. The molecule has 0 saturated heterocycles. The first-order chi connectivity index (χ1) is 9.40. The van der Waals surface area contributed by atoms with E-state index in [1.165, 1.54) is 6.07 Å². The van der Waals surface area contributed by atoms with Gasteiger partial charge in [-0.3, -0.25) is 4.79 Å². The molecule has 4 nitrogen and oxygen atoms in total. The van der Waals surface area contributed by atoms with Gasteiger partial charge in [0.2, 0.25) is 0 Å². The van der Waals surface area contributed by atoms with Gasteiger partial charge >= 0.3 is 0 Å². The Hall–Kier alpha value is -0.810. The Morgan fingerprint density at radius 3 is 2.70 bits per heavy atom. The van der Waals surface area contributed by atoms with E-state index in [1.807, 2.05) is 13.8 Å². The summed E-state index contributed by atoms with van der Waals surface area (Å²) in [5, 5.41) is 13.0. The van der Waals surface area contributed by atoms with Crippen molar-refractivity contribution in [1.82, 2.24) is 5.32 Å². The van der Waals surface area contributed by atoms with E-state index >= 15 is 0 Å². The van der Waals surface area contributed by atoms with Gasteiger partial charge in [-0.05, 0) is 24.1 Å². The maximum absolute atomic E-state index is 11.9. The second-order valence-electron chi connectivity index (χ2n) is 4.92. The number of halogens is 2. The van der Waals surface area contributed by atoms with Crippen LogP contribution in [0.4, 0.5) is 0 Å². The molecule has 0 saturated carbocycles. The summed E-state index contributed by atoms with van der Waals surface area (Å²) in [6, 6.07) is 4.65. The van der Waals surface area contributed by atoms with Crippen LogP contribution in [0.25, 0.3) is 0 Å². The molecule has 0 aromatic heterocycles. The van der Waals surface area contributed by atoms with E-state index < -0.39 is 6.10 Å². The molecule has 0 heterocycles. The summed E-state index contributed by atoms with van der Waals surface area (Å²) >= 11 is 11.7. The zero-order chi connectivity index (χ0) is 15.1. The number of benzene rings is 1. The Morgan fingerprint density at radius 1 is 1.35 bits per heavy atom. The average molecular weight is 320 g/mol. The van der Waals surface area contributed by atoms with Crippen LogP contribution in [-0.4, -0.2) is 36.9 Å². The minimum Gasteiger partial charge on any atom is -0.389 e. The fourth-order valence-electron chi connectivity index (χ4n) is 1.48. The molecule has 0 radical (unpaired) electrons. The van der Waals surface area contributed by atoms with Crippen LogP contribution >= 0.6 is 23.2 Å². The lowest BCUT2D eigenvalue weighted by Gasteiger charge is -2.14. The summed E-state index contributed by atoms with van der Waals surface area (Å²) in [7, 11) is 0. The van der Waals surface area contributed by atoms with Crippen molar-refractivity contribution in [3.05, 3.63) is 33.8 Å². The third-order valence-electron chi connectivity index (χ3n) is 2.43. The molecule has 6 heteroatoms. The molecule has 0 aliphatic carbocycles. The quantitative estimate of drug-likeness (QED) is 0.812. The molecule has 1 rings (SSSR count). The molecule has 0 aliphatic heterocycles. The first kappa shape index (κ1) is 17.2. The van der Waals surface area contributed by atoms with Crippen LogP contribution in [0.5, 0.6) is 0 Å². The fraction of sp³-hybridized carbons (Fsp3) is 0.500. The minimum atomic E-state index is -0.754. The highest BCUT2D eigenvalue weighted by molar-refractivity contribution is 6.35. The Labute approximate surface area is 129 Å². The number of carbonyl (C=O) groups excluding carboxylic acids is 1. The average Bonchev–Trinajstić information content (AvgIpc) is 2.38. The van der Waals surface area contributed by atoms with E-state index in [2.05, 4.69) is 5.32 Å². The molecule has 112 valence electrons. The summed E-state index contributed by atoms with van der Waals surface area (Å²) in [5.74, 6) is 0.0301. The van der Waals surface area contributed by atoms with Crippen molar-refractivity contribution in [2.75, 3.05) is 19.8 Å². The maximum atomic E-state index is 11.9. The van der Waals surface area contributed by atoms with Crippen molar-refractivity contribution in [3.63, 3.8) is 0 Å². The van der Waals surface area contributed by atoms with Crippen molar-refractivity contribution < 1.29 is 14.6 Å². The van der Waals surface area contributed by atoms with E-state index in [4.69, 9.17) is 27.9 Å². The molecule has 1 aromatic rings. The molecule has 0 spiro atoms. The Balaban J connectivity index is 2.41. The Kier molecular flexibility index (Phi) is 7.30. The van der Waals surface area contributed by atoms with Crippen molar-refractivity contribution in [1.29, 1.82) is 0 Å². The second kappa shape index (κ2) is 8.47. The van der Waals surface area contributed by atoms with Crippen LogP contribution in [-0.2, 0) is 4.74 Å². The van der Waals surface area contributed by atoms with Crippen LogP contribution in [0, 0.1) is 5.92 Å². The number of hydrogen-bond acceptors (Lipinski definition) is 3. The van der Waals surface area contributed by atoms with Crippen molar-refractivity contribution in [2.24, 2.45) is 5.92 Å². The lowest BCUT2D eigenvalue weighted by Crippen LogP contribution is -2.35. The molecule has 2 N–H and O–H groups in total. The highest BCUT2D eigenvalue weighted by atomic mass is 35.5. The number of carbonyl (C=O) groups is 1. The molecular formula is C14H19Cl2NO3. The van der Waals surface area contributed by atoms with Crippen molar-refractivity contribution >= 4 is 29.1 Å². The number of aliphatic hydroxyl groups excluding tert-OH is 1. The number of aliphatic hydroxyl groups is 1. The molecule has 0 fully saturated rings. The van der Waals surface area contributed by atoms with E-state index in [1.54, 1.807) is 12.1 Å². The third kappa shape index (κ3) is 6.09. The van der Waals surface area contributed by atoms with Gasteiger partial charge in [0.25, 0.3) is 5.91 Å². The van der Waals surface area contributed by atoms with Gasteiger partial charge in [-0.15, -0.1) is 0 Å². The van der Waals surface area contributed by atoms with Gasteiger partial charge in [-0.1, -0.05) is 37.0 Å². The zero-order valence-electron chi connectivity index (χ0n) is 11.5. The molecule has 1 unspecified atom stereocenters. The number of amides is 1. The zero-order valence-corrected chi connectivity index (χ0v) is 13.0. The van der Waals surface area contributed by atoms with Crippen molar-refractivity contribution in [3.8, 4) is 0 Å². The van der Waals surface area contributed by atoms with Crippen LogP contribution in [0.15, 0.2) is 18.2 Å². The summed E-state index contributed by atoms with van der Waals surface area (Å²) in [6.45, 7) is 4.90. The summed E-state index contributed by atoms with van der Waals surface area (Å²) < 4.78 is 5.29. The van der Waals surface area contributed by atoms with Gasteiger partial charge in [0.05, 0.1) is 23.3 Å². The third-order valence-corrected chi connectivity index (χ3v) is 3.00. The summed E-state index contributed by atoms with van der Waals surface area (Å²) in [5.41, 5.74) is 0.287. The predicted octanol–water partition coefficient (Wildman–Crippen LogP) is 2.76. The Bertz CT molecular complexity index is 452. The van der Waals surface area contributed by atoms with Gasteiger partial charge in [0.1, 0.15) is 0 Å². The van der Waals surface area contributed by atoms with Gasteiger partial charge in [0, 0.05) is 18.2 Å². The van der Waals surface area contributed by atoms with Crippen LogP contribution in [0.2, 0.25) is 10.0 Å². The van der Waals surface area contributed by atoms with Gasteiger partial charge < -0.3 is 15.2 Å². The number of nitrogens with one attached hydrogen (secondary N) is 1. The fourth-order valence-corrected chi connectivity index (χ4v) is 1.85. The van der Waals surface area contributed by atoms with E-state index in [-0.39, 0.29) is 24.6 Å². The monoisotopic (exact) mass is 319 g/mol. The number of hydrogen-bond donors (Lipinski definition) is 2. The first-order valence-corrected chi connectivity index (χ1v) is 7.14. The smallest absolute Gasteiger partial charge is 0.252 e.